The van der Waals surface area contributed by atoms with Crippen LogP contribution in [0.3, 0.4) is 0 Å². The normalized spacial score (nSPS) is 11.0. The third-order valence-corrected chi connectivity index (χ3v) is 3.53. The van der Waals surface area contributed by atoms with Crippen LogP contribution in [0.15, 0.2) is 53.5 Å². The van der Waals surface area contributed by atoms with Crippen LogP contribution in [0.5, 0.6) is 0 Å². The first-order chi connectivity index (χ1) is 11.6. The molecule has 0 bridgehead atoms. The van der Waals surface area contributed by atoms with E-state index in [9.17, 15) is 9.18 Å². The summed E-state index contributed by atoms with van der Waals surface area (Å²) in [7, 11) is 3.26. The molecular formula is C18H21FN4O. The van der Waals surface area contributed by atoms with E-state index in [-0.39, 0.29) is 11.7 Å². The quantitative estimate of drug-likeness (QED) is 0.581. The number of rotatable bonds is 5. The van der Waals surface area contributed by atoms with E-state index in [4.69, 9.17) is 0 Å². The van der Waals surface area contributed by atoms with Gasteiger partial charge in [-0.3, -0.25) is 9.79 Å². The molecule has 0 aliphatic carbocycles. The van der Waals surface area contributed by atoms with Crippen LogP contribution in [0.4, 0.5) is 4.39 Å². The number of hydrogen-bond donors (Lipinski definition) is 3. The molecule has 0 fully saturated rings. The van der Waals surface area contributed by atoms with Gasteiger partial charge < -0.3 is 16.0 Å². The third kappa shape index (κ3) is 4.81. The van der Waals surface area contributed by atoms with Crippen molar-refractivity contribution in [3.63, 3.8) is 0 Å². The van der Waals surface area contributed by atoms with Crippen LogP contribution in [0.25, 0.3) is 0 Å². The van der Waals surface area contributed by atoms with Gasteiger partial charge in [0.2, 0.25) is 0 Å². The summed E-state index contributed by atoms with van der Waals surface area (Å²) in [4.78, 5) is 15.6. The van der Waals surface area contributed by atoms with Gasteiger partial charge >= 0.3 is 0 Å². The van der Waals surface area contributed by atoms with E-state index in [2.05, 4.69) is 20.9 Å². The summed E-state index contributed by atoms with van der Waals surface area (Å²) in [5, 5.41) is 8.81. The highest BCUT2D eigenvalue weighted by atomic mass is 19.1. The summed E-state index contributed by atoms with van der Waals surface area (Å²) in [6.07, 6.45) is 0. The zero-order valence-electron chi connectivity index (χ0n) is 13.8. The smallest absolute Gasteiger partial charge is 0.251 e. The molecule has 0 aliphatic rings. The molecule has 0 unspecified atom stereocenters. The van der Waals surface area contributed by atoms with Crippen LogP contribution in [0.1, 0.15) is 21.5 Å². The fourth-order valence-corrected chi connectivity index (χ4v) is 2.15. The Morgan fingerprint density at radius 3 is 2.33 bits per heavy atom. The highest BCUT2D eigenvalue weighted by molar-refractivity contribution is 5.93. The molecule has 0 spiro atoms. The molecule has 3 N–H and O–H groups in total. The first-order valence-corrected chi connectivity index (χ1v) is 7.63. The molecule has 126 valence electrons. The summed E-state index contributed by atoms with van der Waals surface area (Å²) in [6.45, 7) is 0.896. The SMILES string of the molecule is CN=C(NCc1ccc(C(=O)NC)cc1)NCc1ccccc1F. The lowest BCUT2D eigenvalue weighted by Crippen LogP contribution is -2.36. The monoisotopic (exact) mass is 328 g/mol. The zero-order chi connectivity index (χ0) is 17.4. The van der Waals surface area contributed by atoms with Crippen LogP contribution in [-0.2, 0) is 13.1 Å². The number of halogens is 1. The summed E-state index contributed by atoms with van der Waals surface area (Å²) < 4.78 is 13.6. The van der Waals surface area contributed by atoms with Crippen LogP contribution >= 0.6 is 0 Å². The van der Waals surface area contributed by atoms with Crippen molar-refractivity contribution in [2.75, 3.05) is 14.1 Å². The van der Waals surface area contributed by atoms with E-state index in [1.165, 1.54) is 6.07 Å². The van der Waals surface area contributed by atoms with Gasteiger partial charge in [-0.25, -0.2) is 4.39 Å². The Labute approximate surface area is 141 Å². The number of carbonyl (C=O) groups is 1. The van der Waals surface area contributed by atoms with Gasteiger partial charge in [0.15, 0.2) is 5.96 Å². The standard InChI is InChI=1S/C18H21FN4O/c1-20-17(24)14-9-7-13(8-10-14)11-22-18(21-2)23-12-15-5-3-4-6-16(15)19/h3-10H,11-12H2,1-2H3,(H,20,24)(H2,21,22,23). The minimum atomic E-state index is -0.245. The van der Waals surface area contributed by atoms with Gasteiger partial charge in [-0.05, 0) is 23.8 Å². The van der Waals surface area contributed by atoms with E-state index in [0.29, 0.717) is 30.2 Å². The van der Waals surface area contributed by atoms with Gasteiger partial charge in [0.25, 0.3) is 5.91 Å². The highest BCUT2D eigenvalue weighted by Crippen LogP contribution is 2.06. The summed E-state index contributed by atoms with van der Waals surface area (Å²) in [5.74, 6) is 0.218. The summed E-state index contributed by atoms with van der Waals surface area (Å²) in [5.41, 5.74) is 2.20. The molecule has 0 aromatic heterocycles. The molecule has 0 heterocycles. The van der Waals surface area contributed by atoms with Gasteiger partial charge in [-0.15, -0.1) is 0 Å². The first-order valence-electron chi connectivity index (χ1n) is 7.63. The predicted molar refractivity (Wildman–Crippen MR) is 93.3 cm³/mol. The number of amides is 1. The van der Waals surface area contributed by atoms with Crippen LogP contribution in [0.2, 0.25) is 0 Å². The van der Waals surface area contributed by atoms with Crippen molar-refractivity contribution in [3.05, 3.63) is 71.0 Å². The van der Waals surface area contributed by atoms with E-state index in [1.807, 2.05) is 12.1 Å². The van der Waals surface area contributed by atoms with Gasteiger partial charge in [-0.2, -0.15) is 0 Å². The second-order valence-corrected chi connectivity index (χ2v) is 5.15. The Kier molecular flexibility index (Phi) is 6.31. The molecule has 0 saturated carbocycles. The molecule has 5 nitrogen and oxygen atoms in total. The highest BCUT2D eigenvalue weighted by Gasteiger charge is 2.04. The number of aliphatic imine (C=N–C) groups is 1. The van der Waals surface area contributed by atoms with Gasteiger partial charge in [0, 0.05) is 38.3 Å². The van der Waals surface area contributed by atoms with E-state index in [1.54, 1.807) is 44.4 Å². The minimum absolute atomic E-state index is 0.114. The fourth-order valence-electron chi connectivity index (χ4n) is 2.15. The zero-order valence-corrected chi connectivity index (χ0v) is 13.8. The molecule has 0 atom stereocenters. The second-order valence-electron chi connectivity index (χ2n) is 5.15. The number of carbonyl (C=O) groups excluding carboxylic acids is 1. The minimum Gasteiger partial charge on any atom is -0.355 e. The van der Waals surface area contributed by atoms with Crippen molar-refractivity contribution >= 4 is 11.9 Å². The van der Waals surface area contributed by atoms with Crippen molar-refractivity contribution in [3.8, 4) is 0 Å². The third-order valence-electron chi connectivity index (χ3n) is 3.53. The van der Waals surface area contributed by atoms with E-state index < -0.39 is 0 Å². The molecular weight excluding hydrogens is 307 g/mol. The molecule has 1 amide bonds. The predicted octanol–water partition coefficient (Wildman–Crippen LogP) is 2.05. The lowest BCUT2D eigenvalue weighted by molar-refractivity contribution is 0.0963. The Hall–Kier alpha value is -2.89. The molecule has 24 heavy (non-hydrogen) atoms. The lowest BCUT2D eigenvalue weighted by Gasteiger charge is -2.12. The maximum Gasteiger partial charge on any atom is 0.251 e. The molecule has 0 aliphatic heterocycles. The fraction of sp³-hybridized carbons (Fsp3) is 0.222. The summed E-state index contributed by atoms with van der Waals surface area (Å²) in [6, 6.07) is 13.9. The largest absolute Gasteiger partial charge is 0.355 e. The molecule has 2 aromatic carbocycles. The van der Waals surface area contributed by atoms with E-state index in [0.717, 1.165) is 5.56 Å². The summed E-state index contributed by atoms with van der Waals surface area (Å²) >= 11 is 0. The van der Waals surface area contributed by atoms with Crippen molar-refractivity contribution in [2.24, 2.45) is 4.99 Å². The molecule has 2 rings (SSSR count). The Balaban J connectivity index is 1.87. The first kappa shape index (κ1) is 17.5. The van der Waals surface area contributed by atoms with E-state index >= 15 is 0 Å². The van der Waals surface area contributed by atoms with Crippen molar-refractivity contribution in [2.45, 2.75) is 13.1 Å². The number of nitrogens with one attached hydrogen (secondary N) is 3. The molecule has 0 radical (unpaired) electrons. The lowest BCUT2D eigenvalue weighted by atomic mass is 10.1. The number of guanidine groups is 1. The number of benzene rings is 2. The molecule has 2 aromatic rings. The maximum atomic E-state index is 13.6. The Morgan fingerprint density at radius 1 is 1.04 bits per heavy atom. The van der Waals surface area contributed by atoms with Crippen LogP contribution in [0, 0.1) is 5.82 Å². The number of hydrogen-bond acceptors (Lipinski definition) is 2. The van der Waals surface area contributed by atoms with Gasteiger partial charge in [0.1, 0.15) is 5.82 Å². The maximum absolute atomic E-state index is 13.6. The Morgan fingerprint density at radius 2 is 1.71 bits per heavy atom. The molecule has 6 heteroatoms. The van der Waals surface area contributed by atoms with Crippen molar-refractivity contribution < 1.29 is 9.18 Å². The molecule has 0 saturated heterocycles. The number of nitrogens with zero attached hydrogens (tertiary/aromatic N) is 1. The van der Waals surface area contributed by atoms with Crippen molar-refractivity contribution in [1.29, 1.82) is 0 Å². The average molecular weight is 328 g/mol. The average Bonchev–Trinajstić information content (AvgIpc) is 2.63. The van der Waals surface area contributed by atoms with Crippen molar-refractivity contribution in [1.82, 2.24) is 16.0 Å². The van der Waals surface area contributed by atoms with Crippen LogP contribution < -0.4 is 16.0 Å². The Bertz CT molecular complexity index is 713. The van der Waals surface area contributed by atoms with Gasteiger partial charge in [0.05, 0.1) is 0 Å². The topological polar surface area (TPSA) is 65.5 Å². The van der Waals surface area contributed by atoms with Crippen LogP contribution in [-0.4, -0.2) is 26.0 Å². The van der Waals surface area contributed by atoms with Gasteiger partial charge in [-0.1, -0.05) is 30.3 Å². The second kappa shape index (κ2) is 8.67.